The molecule has 0 saturated carbocycles. The summed E-state index contributed by atoms with van der Waals surface area (Å²) in [6.45, 7) is 0. The second kappa shape index (κ2) is 3.29. The summed E-state index contributed by atoms with van der Waals surface area (Å²) in [5.74, 6) is -0.0731. The van der Waals surface area contributed by atoms with Gasteiger partial charge in [0.1, 0.15) is 18.9 Å². The minimum atomic E-state index is -0.615. The number of hydrogen-bond acceptors (Lipinski definition) is 7. The maximum atomic E-state index is 10.7. The summed E-state index contributed by atoms with van der Waals surface area (Å²) in [6.07, 6.45) is 3.55. The summed E-state index contributed by atoms with van der Waals surface area (Å²) in [5.41, 5.74) is 5.04. The summed E-state index contributed by atoms with van der Waals surface area (Å²) in [5, 5.41) is 14.4. The van der Waals surface area contributed by atoms with Crippen molar-refractivity contribution in [2.75, 3.05) is 5.73 Å². The Kier molecular flexibility index (Phi) is 1.97. The molecule has 15 heavy (non-hydrogen) atoms. The average Bonchev–Trinajstić information content (AvgIpc) is 2.69. The Labute approximate surface area is 82.7 Å². The Morgan fingerprint density at radius 1 is 1.53 bits per heavy atom. The molecule has 0 spiro atoms. The van der Waals surface area contributed by atoms with E-state index in [1.807, 2.05) is 0 Å². The van der Waals surface area contributed by atoms with Crippen LogP contribution in [0.3, 0.4) is 0 Å². The van der Waals surface area contributed by atoms with E-state index in [1.165, 1.54) is 12.7 Å². The monoisotopic (exact) mass is 207 g/mol. The lowest BCUT2D eigenvalue weighted by atomic mass is 10.5. The number of rotatable bonds is 2. The third-order valence-corrected chi connectivity index (χ3v) is 1.60. The van der Waals surface area contributed by atoms with E-state index in [4.69, 9.17) is 5.73 Å². The molecule has 0 aliphatic carbocycles. The Balaban J connectivity index is 2.63. The molecule has 0 atom stereocenters. The van der Waals surface area contributed by atoms with E-state index in [-0.39, 0.29) is 17.5 Å². The summed E-state index contributed by atoms with van der Waals surface area (Å²) in [4.78, 5) is 21.0. The summed E-state index contributed by atoms with van der Waals surface area (Å²) >= 11 is 0. The molecule has 0 aromatic carbocycles. The van der Waals surface area contributed by atoms with Crippen molar-refractivity contribution in [1.29, 1.82) is 0 Å². The van der Waals surface area contributed by atoms with Gasteiger partial charge in [-0.15, -0.1) is 0 Å². The van der Waals surface area contributed by atoms with E-state index in [9.17, 15) is 10.1 Å². The van der Waals surface area contributed by atoms with E-state index < -0.39 is 4.92 Å². The minimum Gasteiger partial charge on any atom is -0.368 e. The van der Waals surface area contributed by atoms with E-state index >= 15 is 0 Å². The molecule has 0 unspecified atom stereocenters. The van der Waals surface area contributed by atoms with Gasteiger partial charge in [-0.2, -0.15) is 14.8 Å². The molecule has 2 aromatic rings. The van der Waals surface area contributed by atoms with Crippen LogP contribution in [0.4, 0.5) is 11.6 Å². The normalized spacial score (nSPS) is 10.1. The molecule has 0 fully saturated rings. The predicted octanol–water partition coefficient (Wildman–Crippen LogP) is -0.452. The van der Waals surface area contributed by atoms with Gasteiger partial charge in [0.25, 0.3) is 0 Å². The van der Waals surface area contributed by atoms with Crippen LogP contribution in [0.15, 0.2) is 18.9 Å². The quantitative estimate of drug-likeness (QED) is 0.521. The zero-order valence-corrected chi connectivity index (χ0v) is 7.31. The Morgan fingerprint density at radius 3 is 2.93 bits per heavy atom. The highest BCUT2D eigenvalue weighted by Crippen LogP contribution is 2.18. The fourth-order valence-corrected chi connectivity index (χ4v) is 0.995. The van der Waals surface area contributed by atoms with Crippen molar-refractivity contribution >= 4 is 11.6 Å². The van der Waals surface area contributed by atoms with Gasteiger partial charge in [-0.05, 0) is 0 Å². The fourth-order valence-electron chi connectivity index (χ4n) is 0.995. The molecule has 0 aliphatic heterocycles. The summed E-state index contributed by atoms with van der Waals surface area (Å²) in [7, 11) is 0. The highest BCUT2D eigenvalue weighted by atomic mass is 16.6. The SMILES string of the molecule is Nc1ncc([N+](=O)[O-])c(-n2cncn2)n1. The number of nitrogen functional groups attached to an aromatic ring is 1. The van der Waals surface area contributed by atoms with Gasteiger partial charge in [-0.25, -0.2) is 9.97 Å². The molecule has 2 N–H and O–H groups in total. The maximum absolute atomic E-state index is 10.7. The average molecular weight is 207 g/mol. The number of nitro groups is 1. The van der Waals surface area contributed by atoms with E-state index in [0.29, 0.717) is 0 Å². The third-order valence-electron chi connectivity index (χ3n) is 1.60. The highest BCUT2D eigenvalue weighted by Gasteiger charge is 2.18. The summed E-state index contributed by atoms with van der Waals surface area (Å²) in [6, 6.07) is 0. The van der Waals surface area contributed by atoms with E-state index in [1.54, 1.807) is 0 Å². The lowest BCUT2D eigenvalue weighted by molar-refractivity contribution is -0.385. The first-order valence-corrected chi connectivity index (χ1v) is 3.80. The molecule has 0 radical (unpaired) electrons. The van der Waals surface area contributed by atoms with Crippen LogP contribution >= 0.6 is 0 Å². The van der Waals surface area contributed by atoms with Crippen LogP contribution in [0.1, 0.15) is 0 Å². The fraction of sp³-hybridized carbons (Fsp3) is 0. The molecule has 0 aliphatic rings. The number of hydrogen-bond donors (Lipinski definition) is 1. The third kappa shape index (κ3) is 1.57. The van der Waals surface area contributed by atoms with E-state index in [2.05, 4.69) is 20.1 Å². The van der Waals surface area contributed by atoms with Crippen molar-refractivity contribution in [2.45, 2.75) is 0 Å². The second-order valence-corrected chi connectivity index (χ2v) is 2.53. The van der Waals surface area contributed by atoms with Gasteiger partial charge in [0, 0.05) is 0 Å². The number of nitrogens with two attached hydrogens (primary N) is 1. The first kappa shape index (κ1) is 8.99. The number of nitrogens with zero attached hydrogens (tertiary/aromatic N) is 6. The van der Waals surface area contributed by atoms with Crippen molar-refractivity contribution < 1.29 is 4.92 Å². The molecule has 0 saturated heterocycles. The molecule has 9 nitrogen and oxygen atoms in total. The van der Waals surface area contributed by atoms with Crippen LogP contribution in [0.5, 0.6) is 0 Å². The standard InChI is InChI=1S/C6H5N7O2/c7-6-9-1-4(13(14)15)5(11-6)12-3-8-2-10-12/h1-3H,(H2,7,9,11). The molecule has 0 bridgehead atoms. The minimum absolute atomic E-state index is 0.00926. The van der Waals surface area contributed by atoms with Gasteiger partial charge < -0.3 is 5.73 Å². The second-order valence-electron chi connectivity index (χ2n) is 2.53. The number of anilines is 1. The predicted molar refractivity (Wildman–Crippen MR) is 48.0 cm³/mol. The van der Waals surface area contributed by atoms with Gasteiger partial charge in [0.05, 0.1) is 4.92 Å². The largest absolute Gasteiger partial charge is 0.368 e. The highest BCUT2D eigenvalue weighted by molar-refractivity contribution is 5.46. The number of aromatic nitrogens is 5. The Hall–Kier alpha value is -2.58. The van der Waals surface area contributed by atoms with Gasteiger partial charge in [0.2, 0.25) is 11.8 Å². The first-order chi connectivity index (χ1) is 7.18. The molecule has 76 valence electrons. The van der Waals surface area contributed by atoms with Crippen LogP contribution in [0.25, 0.3) is 5.82 Å². The molecule has 2 aromatic heterocycles. The molecular formula is C6H5N7O2. The molecule has 2 heterocycles. The molecular weight excluding hydrogens is 202 g/mol. The van der Waals surface area contributed by atoms with Gasteiger partial charge in [0.15, 0.2) is 0 Å². The lowest BCUT2D eigenvalue weighted by Crippen LogP contribution is -2.07. The zero-order chi connectivity index (χ0) is 10.8. The van der Waals surface area contributed by atoms with Crippen molar-refractivity contribution in [3.63, 3.8) is 0 Å². The van der Waals surface area contributed by atoms with Crippen LogP contribution < -0.4 is 5.73 Å². The van der Waals surface area contributed by atoms with Crippen molar-refractivity contribution in [2.24, 2.45) is 0 Å². The van der Waals surface area contributed by atoms with Crippen molar-refractivity contribution in [3.05, 3.63) is 29.0 Å². The summed E-state index contributed by atoms with van der Waals surface area (Å²) < 4.78 is 1.15. The molecule has 0 amide bonds. The van der Waals surface area contributed by atoms with Crippen molar-refractivity contribution in [1.82, 2.24) is 24.7 Å². The van der Waals surface area contributed by atoms with Gasteiger partial charge in [-0.3, -0.25) is 10.1 Å². The van der Waals surface area contributed by atoms with Gasteiger partial charge in [-0.1, -0.05) is 0 Å². The molecule has 9 heteroatoms. The van der Waals surface area contributed by atoms with Crippen LogP contribution in [-0.2, 0) is 0 Å². The van der Waals surface area contributed by atoms with Gasteiger partial charge >= 0.3 is 5.69 Å². The van der Waals surface area contributed by atoms with Crippen LogP contribution in [-0.4, -0.2) is 29.7 Å². The zero-order valence-electron chi connectivity index (χ0n) is 7.31. The van der Waals surface area contributed by atoms with E-state index in [0.717, 1.165) is 10.9 Å². The lowest BCUT2D eigenvalue weighted by Gasteiger charge is -2.00. The smallest absolute Gasteiger partial charge is 0.332 e. The molecule has 2 rings (SSSR count). The van der Waals surface area contributed by atoms with Crippen LogP contribution in [0.2, 0.25) is 0 Å². The topological polar surface area (TPSA) is 126 Å². The Morgan fingerprint density at radius 2 is 2.33 bits per heavy atom. The van der Waals surface area contributed by atoms with Crippen LogP contribution in [0, 0.1) is 10.1 Å². The van der Waals surface area contributed by atoms with Crippen molar-refractivity contribution in [3.8, 4) is 5.82 Å². The first-order valence-electron chi connectivity index (χ1n) is 3.80. The Bertz CT molecular complexity index is 494. The maximum Gasteiger partial charge on any atom is 0.332 e.